The van der Waals surface area contributed by atoms with Gasteiger partial charge in [-0.05, 0) is 67.7 Å². The van der Waals surface area contributed by atoms with Crippen LogP contribution in [0.1, 0.15) is 56.2 Å². The molecule has 2 N–H and O–H groups in total. The van der Waals surface area contributed by atoms with Crippen molar-refractivity contribution >= 4 is 12.0 Å². The lowest BCUT2D eigenvalue weighted by Gasteiger charge is -2.52. The number of aromatic hydroxyl groups is 1. The number of carbonyl (C=O) groups is 1. The molecule has 35 heavy (non-hydrogen) atoms. The van der Waals surface area contributed by atoms with Crippen molar-refractivity contribution < 1.29 is 29.2 Å². The number of phenolic OH excluding ortho intramolecular Hbond substituents is 1. The van der Waals surface area contributed by atoms with Crippen LogP contribution in [0.2, 0.25) is 0 Å². The number of benzene rings is 2. The summed E-state index contributed by atoms with van der Waals surface area (Å²) in [4.78, 5) is 15.4. The molecule has 188 valence electrons. The molecule has 1 aliphatic carbocycles. The first kappa shape index (κ1) is 24.9. The SMILES string of the molecule is CCOc1cc(C2C3CCCCC3(O)CCN2C(=O)C=Cc2ccc(OC)c(OC)c2)ccc1O. The van der Waals surface area contributed by atoms with Crippen molar-refractivity contribution in [1.29, 1.82) is 0 Å². The van der Waals surface area contributed by atoms with Crippen LogP contribution in [0.3, 0.4) is 0 Å². The number of likely N-dealkylation sites (tertiary alicyclic amines) is 1. The topological polar surface area (TPSA) is 88.5 Å². The van der Waals surface area contributed by atoms with Crippen LogP contribution in [-0.2, 0) is 4.79 Å². The molecular weight excluding hydrogens is 446 g/mol. The number of methoxy groups -OCH3 is 2. The van der Waals surface area contributed by atoms with Gasteiger partial charge in [0.05, 0.1) is 32.5 Å². The van der Waals surface area contributed by atoms with E-state index in [1.54, 1.807) is 38.5 Å². The minimum atomic E-state index is -0.795. The third-order valence-electron chi connectivity index (χ3n) is 7.30. The zero-order chi connectivity index (χ0) is 25.0. The van der Waals surface area contributed by atoms with Crippen LogP contribution < -0.4 is 14.2 Å². The Morgan fingerprint density at radius 2 is 1.89 bits per heavy atom. The van der Waals surface area contributed by atoms with Gasteiger partial charge in [-0.2, -0.15) is 0 Å². The van der Waals surface area contributed by atoms with E-state index >= 15 is 0 Å². The Morgan fingerprint density at radius 1 is 1.09 bits per heavy atom. The largest absolute Gasteiger partial charge is 0.504 e. The molecule has 2 fully saturated rings. The number of phenols is 1. The highest BCUT2D eigenvalue weighted by Gasteiger charge is 2.50. The fourth-order valence-electron chi connectivity index (χ4n) is 5.55. The number of rotatable bonds is 7. The molecule has 1 amide bonds. The molecule has 2 aromatic carbocycles. The molecule has 0 spiro atoms. The zero-order valence-corrected chi connectivity index (χ0v) is 20.7. The van der Waals surface area contributed by atoms with Crippen molar-refractivity contribution in [2.45, 2.75) is 50.7 Å². The predicted octanol–water partition coefficient (Wildman–Crippen LogP) is 4.72. The van der Waals surface area contributed by atoms with Gasteiger partial charge >= 0.3 is 0 Å². The number of hydrogen-bond acceptors (Lipinski definition) is 6. The van der Waals surface area contributed by atoms with Crippen molar-refractivity contribution in [1.82, 2.24) is 4.90 Å². The van der Waals surface area contributed by atoms with Gasteiger partial charge in [0.15, 0.2) is 23.0 Å². The summed E-state index contributed by atoms with van der Waals surface area (Å²) in [5.41, 5.74) is 0.891. The minimum Gasteiger partial charge on any atom is -0.504 e. The van der Waals surface area contributed by atoms with E-state index in [1.807, 2.05) is 36.1 Å². The minimum absolute atomic E-state index is 0.0662. The number of ether oxygens (including phenoxy) is 3. The lowest BCUT2D eigenvalue weighted by Crippen LogP contribution is -2.56. The van der Waals surface area contributed by atoms with Crippen molar-refractivity contribution in [2.75, 3.05) is 27.4 Å². The summed E-state index contributed by atoms with van der Waals surface area (Å²) in [7, 11) is 3.16. The molecule has 2 aromatic rings. The number of carbonyl (C=O) groups excluding carboxylic acids is 1. The Balaban J connectivity index is 1.66. The Bertz CT molecular complexity index is 1080. The van der Waals surface area contributed by atoms with E-state index in [4.69, 9.17) is 14.2 Å². The highest BCUT2D eigenvalue weighted by molar-refractivity contribution is 5.92. The molecule has 7 heteroatoms. The monoisotopic (exact) mass is 481 g/mol. The van der Waals surface area contributed by atoms with Crippen LogP contribution in [-0.4, -0.2) is 54.0 Å². The average molecular weight is 482 g/mol. The third-order valence-corrected chi connectivity index (χ3v) is 7.30. The van der Waals surface area contributed by atoms with E-state index in [0.29, 0.717) is 36.8 Å². The molecule has 1 saturated heterocycles. The van der Waals surface area contributed by atoms with Crippen molar-refractivity contribution in [2.24, 2.45) is 5.92 Å². The van der Waals surface area contributed by atoms with Gasteiger partial charge in [-0.15, -0.1) is 0 Å². The lowest BCUT2D eigenvalue weighted by atomic mass is 9.66. The van der Waals surface area contributed by atoms with Crippen LogP contribution in [0.5, 0.6) is 23.0 Å². The van der Waals surface area contributed by atoms with E-state index in [0.717, 1.165) is 36.8 Å². The van der Waals surface area contributed by atoms with Gasteiger partial charge in [0.25, 0.3) is 0 Å². The third kappa shape index (κ3) is 5.10. The van der Waals surface area contributed by atoms with Crippen molar-refractivity contribution in [3.8, 4) is 23.0 Å². The maximum atomic E-state index is 13.5. The smallest absolute Gasteiger partial charge is 0.247 e. The molecule has 3 unspecified atom stereocenters. The predicted molar refractivity (Wildman–Crippen MR) is 134 cm³/mol. The standard InChI is InChI=1S/C28H35NO6/c1-4-35-24-18-20(10-11-22(24)30)27-21-7-5-6-14-28(21,32)15-16-29(27)26(31)13-9-19-8-12-23(33-2)25(17-19)34-3/h8-13,17-18,21,27,30,32H,4-7,14-16H2,1-3H3. The number of piperidine rings is 1. The normalized spacial score (nSPS) is 24.2. The summed E-state index contributed by atoms with van der Waals surface area (Å²) < 4.78 is 16.3. The molecule has 0 bridgehead atoms. The Labute approximate surface area is 206 Å². The van der Waals surface area contributed by atoms with E-state index in [1.165, 1.54) is 0 Å². The second kappa shape index (κ2) is 10.6. The quantitative estimate of drug-likeness (QED) is 0.557. The summed E-state index contributed by atoms with van der Waals surface area (Å²) in [5.74, 6) is 1.48. The Kier molecular flexibility index (Phi) is 7.55. The highest BCUT2D eigenvalue weighted by atomic mass is 16.5. The fourth-order valence-corrected chi connectivity index (χ4v) is 5.55. The van der Waals surface area contributed by atoms with Gasteiger partial charge in [0.2, 0.25) is 5.91 Å². The van der Waals surface area contributed by atoms with Gasteiger partial charge in [0.1, 0.15) is 0 Å². The number of nitrogens with zero attached hydrogens (tertiary/aromatic N) is 1. The highest BCUT2D eigenvalue weighted by Crippen LogP contribution is 2.50. The van der Waals surface area contributed by atoms with Gasteiger partial charge in [-0.25, -0.2) is 0 Å². The van der Waals surface area contributed by atoms with Crippen molar-refractivity contribution in [3.63, 3.8) is 0 Å². The summed E-state index contributed by atoms with van der Waals surface area (Å²) >= 11 is 0. The Hall–Kier alpha value is -3.19. The number of fused-ring (bicyclic) bond motifs is 1. The molecule has 3 atom stereocenters. The van der Waals surface area contributed by atoms with E-state index in [2.05, 4.69) is 0 Å². The molecule has 2 aliphatic rings. The number of amides is 1. The Morgan fingerprint density at radius 3 is 2.63 bits per heavy atom. The van der Waals surface area contributed by atoms with Crippen LogP contribution >= 0.6 is 0 Å². The van der Waals surface area contributed by atoms with Crippen LogP contribution in [0.25, 0.3) is 6.08 Å². The van der Waals surface area contributed by atoms with Crippen LogP contribution in [0.4, 0.5) is 0 Å². The zero-order valence-electron chi connectivity index (χ0n) is 20.7. The molecule has 7 nitrogen and oxygen atoms in total. The first-order chi connectivity index (χ1) is 16.9. The van der Waals surface area contributed by atoms with Gasteiger partial charge in [0, 0.05) is 18.5 Å². The first-order valence-corrected chi connectivity index (χ1v) is 12.3. The number of hydrogen-bond donors (Lipinski definition) is 2. The van der Waals surface area contributed by atoms with E-state index in [9.17, 15) is 15.0 Å². The number of aliphatic hydroxyl groups is 1. The molecule has 1 aliphatic heterocycles. The molecule has 0 aromatic heterocycles. The summed E-state index contributed by atoms with van der Waals surface area (Å²) in [6.07, 6.45) is 7.50. The maximum Gasteiger partial charge on any atom is 0.247 e. The molecule has 4 rings (SSSR count). The van der Waals surface area contributed by atoms with Gasteiger partial charge in [-0.1, -0.05) is 25.0 Å². The van der Waals surface area contributed by atoms with E-state index in [-0.39, 0.29) is 23.6 Å². The van der Waals surface area contributed by atoms with Crippen LogP contribution in [0, 0.1) is 5.92 Å². The molecule has 1 heterocycles. The fraction of sp³-hybridized carbons (Fsp3) is 0.464. The second-order valence-corrected chi connectivity index (χ2v) is 9.29. The molecule has 1 saturated carbocycles. The first-order valence-electron chi connectivity index (χ1n) is 12.3. The van der Waals surface area contributed by atoms with Gasteiger partial charge in [-0.3, -0.25) is 4.79 Å². The summed E-state index contributed by atoms with van der Waals surface area (Å²) in [6.45, 7) is 2.74. The van der Waals surface area contributed by atoms with Crippen LogP contribution in [0.15, 0.2) is 42.5 Å². The molecule has 0 radical (unpaired) electrons. The van der Waals surface area contributed by atoms with E-state index < -0.39 is 5.60 Å². The lowest BCUT2D eigenvalue weighted by molar-refractivity contribution is -0.150. The maximum absolute atomic E-state index is 13.5. The average Bonchev–Trinajstić information content (AvgIpc) is 2.87. The van der Waals surface area contributed by atoms with Crippen molar-refractivity contribution in [3.05, 3.63) is 53.6 Å². The molecular formula is C28H35NO6. The second-order valence-electron chi connectivity index (χ2n) is 9.29. The summed E-state index contributed by atoms with van der Waals surface area (Å²) in [5, 5.41) is 21.7. The van der Waals surface area contributed by atoms with Gasteiger partial charge < -0.3 is 29.3 Å². The summed E-state index contributed by atoms with van der Waals surface area (Å²) in [6, 6.07) is 10.4.